The summed E-state index contributed by atoms with van der Waals surface area (Å²) in [6, 6.07) is 4.88. The molecule has 33 heavy (non-hydrogen) atoms. The zero-order valence-electron chi connectivity index (χ0n) is 20.5. The van der Waals surface area contributed by atoms with E-state index in [-0.39, 0.29) is 17.9 Å². The minimum Gasteiger partial charge on any atom is -0.493 e. The number of benzene rings is 1. The molecule has 9 heteroatoms. The Hall–Kier alpha value is -2.97. The molecule has 0 atom stereocenters. The largest absolute Gasteiger partial charge is 0.493 e. The monoisotopic (exact) mass is 463 g/mol. The van der Waals surface area contributed by atoms with Gasteiger partial charge in [0.25, 0.3) is 5.91 Å². The van der Waals surface area contributed by atoms with Gasteiger partial charge in [0.05, 0.1) is 13.7 Å². The molecule has 1 saturated heterocycles. The number of carbonyl (C=O) groups is 3. The number of ether oxygens (including phenoxy) is 3. The molecule has 1 aliphatic heterocycles. The molecule has 0 radical (unpaired) electrons. The summed E-state index contributed by atoms with van der Waals surface area (Å²) in [6.07, 6.45) is 1.53. The van der Waals surface area contributed by atoms with Gasteiger partial charge in [0.1, 0.15) is 5.60 Å². The lowest BCUT2D eigenvalue weighted by atomic mass is 9.96. The predicted molar refractivity (Wildman–Crippen MR) is 124 cm³/mol. The minimum atomic E-state index is -0.559. The van der Waals surface area contributed by atoms with Gasteiger partial charge < -0.3 is 19.1 Å². The summed E-state index contributed by atoms with van der Waals surface area (Å²) in [5.74, 6) is 0.501. The Morgan fingerprint density at radius 1 is 1.09 bits per heavy atom. The van der Waals surface area contributed by atoms with E-state index in [1.54, 1.807) is 23.1 Å². The smallest absolute Gasteiger partial charge is 0.410 e. The Morgan fingerprint density at radius 3 is 2.33 bits per heavy atom. The van der Waals surface area contributed by atoms with Crippen LogP contribution in [0.3, 0.4) is 0 Å². The molecule has 0 spiro atoms. The molecule has 0 aliphatic carbocycles. The number of nitrogens with one attached hydrogen (secondary N) is 2. The fourth-order valence-electron chi connectivity index (χ4n) is 3.28. The fraction of sp³-hybridized carbons (Fsp3) is 0.625. The fourth-order valence-corrected chi connectivity index (χ4v) is 3.28. The first-order valence-electron chi connectivity index (χ1n) is 11.4. The minimum absolute atomic E-state index is 0.284. The van der Waals surface area contributed by atoms with E-state index in [0.717, 1.165) is 6.42 Å². The lowest BCUT2D eigenvalue weighted by molar-refractivity contribution is -0.127. The van der Waals surface area contributed by atoms with Crippen molar-refractivity contribution in [2.45, 2.75) is 59.5 Å². The Bertz CT molecular complexity index is 826. The predicted octanol–water partition coefficient (Wildman–Crippen LogP) is 3.53. The molecule has 0 unspecified atom stereocenters. The second-order valence-electron chi connectivity index (χ2n) is 9.58. The molecule has 1 aromatic rings. The number of carbonyl (C=O) groups excluding carboxylic acids is 3. The number of methoxy groups -OCH3 is 1. The highest BCUT2D eigenvalue weighted by atomic mass is 16.6. The molecule has 9 nitrogen and oxygen atoms in total. The third-order valence-electron chi connectivity index (χ3n) is 5.20. The van der Waals surface area contributed by atoms with Crippen molar-refractivity contribution in [1.82, 2.24) is 15.8 Å². The first-order chi connectivity index (χ1) is 15.5. The van der Waals surface area contributed by atoms with Gasteiger partial charge in [0.15, 0.2) is 11.5 Å². The van der Waals surface area contributed by atoms with Crippen LogP contribution in [0.1, 0.15) is 64.2 Å². The molecular weight excluding hydrogens is 426 g/mol. The Balaban J connectivity index is 1.83. The van der Waals surface area contributed by atoms with Crippen LogP contribution in [0.15, 0.2) is 18.2 Å². The van der Waals surface area contributed by atoms with Gasteiger partial charge in [-0.15, -0.1) is 0 Å². The summed E-state index contributed by atoms with van der Waals surface area (Å²) in [5, 5.41) is 0. The first-order valence-corrected chi connectivity index (χ1v) is 11.4. The highest BCUT2D eigenvalue weighted by Crippen LogP contribution is 2.28. The van der Waals surface area contributed by atoms with Crippen molar-refractivity contribution in [2.75, 3.05) is 26.8 Å². The van der Waals surface area contributed by atoms with E-state index in [0.29, 0.717) is 55.5 Å². The maximum absolute atomic E-state index is 12.5. The summed E-state index contributed by atoms with van der Waals surface area (Å²) in [4.78, 5) is 38.7. The van der Waals surface area contributed by atoms with E-state index in [1.807, 2.05) is 20.8 Å². The zero-order valence-corrected chi connectivity index (χ0v) is 20.5. The van der Waals surface area contributed by atoms with Crippen LogP contribution in [0, 0.1) is 11.8 Å². The summed E-state index contributed by atoms with van der Waals surface area (Å²) in [6.45, 7) is 11.1. The first kappa shape index (κ1) is 26.3. The maximum atomic E-state index is 12.5. The Kier molecular flexibility index (Phi) is 9.37. The van der Waals surface area contributed by atoms with E-state index in [1.165, 1.54) is 7.11 Å². The van der Waals surface area contributed by atoms with Gasteiger partial charge in [-0.3, -0.25) is 20.4 Å². The van der Waals surface area contributed by atoms with Crippen LogP contribution < -0.4 is 20.3 Å². The molecule has 1 aromatic carbocycles. The van der Waals surface area contributed by atoms with E-state index in [9.17, 15) is 14.4 Å². The van der Waals surface area contributed by atoms with Crippen LogP contribution in [0.25, 0.3) is 0 Å². The van der Waals surface area contributed by atoms with Crippen molar-refractivity contribution in [1.29, 1.82) is 0 Å². The van der Waals surface area contributed by atoms with Gasteiger partial charge in [0.2, 0.25) is 5.91 Å². The standard InChI is InChI=1S/C24H37N3O6/c1-16(2)11-14-32-19-8-7-18(15-20(19)31-6)22(29)26-25-21(28)17-9-12-27(13-10-17)23(30)33-24(3,4)5/h7-8,15-17H,9-14H2,1-6H3,(H,25,28)(H,26,29). The SMILES string of the molecule is COc1cc(C(=O)NNC(=O)C2CCN(C(=O)OC(C)(C)C)CC2)ccc1OCCC(C)C. The zero-order chi connectivity index (χ0) is 24.6. The molecule has 1 aliphatic rings. The molecule has 0 bridgehead atoms. The highest BCUT2D eigenvalue weighted by molar-refractivity contribution is 5.96. The summed E-state index contributed by atoms with van der Waals surface area (Å²) < 4.78 is 16.4. The average molecular weight is 464 g/mol. The van der Waals surface area contributed by atoms with E-state index in [2.05, 4.69) is 24.7 Å². The third kappa shape index (κ3) is 8.47. The van der Waals surface area contributed by atoms with Crippen molar-refractivity contribution < 1.29 is 28.6 Å². The molecule has 1 heterocycles. The number of piperidine rings is 1. The van der Waals surface area contributed by atoms with Gasteiger partial charge in [-0.25, -0.2) is 4.79 Å². The number of hydrogen-bond acceptors (Lipinski definition) is 6. The summed E-state index contributed by atoms with van der Waals surface area (Å²) in [7, 11) is 1.51. The van der Waals surface area contributed by atoms with E-state index >= 15 is 0 Å². The lowest BCUT2D eigenvalue weighted by Crippen LogP contribution is -2.48. The van der Waals surface area contributed by atoms with E-state index in [4.69, 9.17) is 14.2 Å². The number of amides is 3. The number of hydrazine groups is 1. The molecule has 3 amide bonds. The summed E-state index contributed by atoms with van der Waals surface area (Å²) in [5.41, 5.74) is 4.71. The van der Waals surface area contributed by atoms with Crippen LogP contribution in [-0.2, 0) is 9.53 Å². The van der Waals surface area contributed by atoms with Crippen molar-refractivity contribution >= 4 is 17.9 Å². The van der Waals surface area contributed by atoms with Crippen LogP contribution in [0.2, 0.25) is 0 Å². The summed E-state index contributed by atoms with van der Waals surface area (Å²) >= 11 is 0. The molecule has 2 rings (SSSR count). The number of likely N-dealkylation sites (tertiary alicyclic amines) is 1. The normalized spacial score (nSPS) is 14.6. The quantitative estimate of drug-likeness (QED) is 0.599. The van der Waals surface area contributed by atoms with Crippen molar-refractivity contribution in [3.63, 3.8) is 0 Å². The van der Waals surface area contributed by atoms with Crippen LogP contribution in [-0.4, -0.2) is 55.2 Å². The van der Waals surface area contributed by atoms with Crippen LogP contribution >= 0.6 is 0 Å². The lowest BCUT2D eigenvalue weighted by Gasteiger charge is -2.32. The third-order valence-corrected chi connectivity index (χ3v) is 5.20. The van der Waals surface area contributed by atoms with Gasteiger partial charge in [0, 0.05) is 24.6 Å². The molecule has 1 fully saturated rings. The Labute approximate surface area is 196 Å². The average Bonchev–Trinajstić information content (AvgIpc) is 2.76. The highest BCUT2D eigenvalue weighted by Gasteiger charge is 2.30. The molecular formula is C24H37N3O6. The van der Waals surface area contributed by atoms with Gasteiger partial charge in [-0.2, -0.15) is 0 Å². The number of nitrogens with zero attached hydrogens (tertiary/aromatic N) is 1. The van der Waals surface area contributed by atoms with Crippen LogP contribution in [0.4, 0.5) is 4.79 Å². The van der Waals surface area contributed by atoms with Crippen molar-refractivity contribution in [3.8, 4) is 11.5 Å². The van der Waals surface area contributed by atoms with Crippen LogP contribution in [0.5, 0.6) is 11.5 Å². The molecule has 2 N–H and O–H groups in total. The molecule has 184 valence electrons. The van der Waals surface area contributed by atoms with E-state index < -0.39 is 11.5 Å². The topological polar surface area (TPSA) is 106 Å². The molecule has 0 aromatic heterocycles. The Morgan fingerprint density at radius 2 is 1.76 bits per heavy atom. The number of rotatable bonds is 7. The van der Waals surface area contributed by atoms with Gasteiger partial charge in [-0.05, 0) is 64.2 Å². The van der Waals surface area contributed by atoms with Crippen molar-refractivity contribution in [3.05, 3.63) is 23.8 Å². The van der Waals surface area contributed by atoms with Gasteiger partial charge >= 0.3 is 6.09 Å². The van der Waals surface area contributed by atoms with Gasteiger partial charge in [-0.1, -0.05) is 13.8 Å². The number of hydrogen-bond donors (Lipinski definition) is 2. The maximum Gasteiger partial charge on any atom is 0.410 e. The molecule has 0 saturated carbocycles. The second-order valence-corrected chi connectivity index (χ2v) is 9.58. The van der Waals surface area contributed by atoms with Crippen molar-refractivity contribution in [2.24, 2.45) is 11.8 Å². The second kappa shape index (κ2) is 11.8.